The molecule has 9 heteroatoms. The molecule has 0 saturated heterocycles. The number of amides is 4. The summed E-state index contributed by atoms with van der Waals surface area (Å²) < 4.78 is 0. The van der Waals surface area contributed by atoms with Gasteiger partial charge < -0.3 is 26.6 Å². The van der Waals surface area contributed by atoms with E-state index in [-0.39, 0.29) is 24.8 Å². The smallest absolute Gasteiger partial charge is 0.252 e. The van der Waals surface area contributed by atoms with Gasteiger partial charge in [0.25, 0.3) is 5.91 Å². The summed E-state index contributed by atoms with van der Waals surface area (Å²) >= 11 is 0. The van der Waals surface area contributed by atoms with Gasteiger partial charge in [0.2, 0.25) is 17.7 Å². The summed E-state index contributed by atoms with van der Waals surface area (Å²) in [5, 5.41) is 14.7. The first kappa shape index (κ1) is 29.3. The number of carbonyl (C=O) groups excluding carboxylic acids is 4. The minimum atomic E-state index is -0.944. The topological polar surface area (TPSA) is 128 Å². The number of fused-ring (bicyclic) bond motifs is 4. The predicted molar refractivity (Wildman–Crippen MR) is 158 cm³/mol. The molecule has 3 aromatic carbocycles. The molecule has 4 bridgehead atoms. The van der Waals surface area contributed by atoms with Gasteiger partial charge in [0, 0.05) is 29.9 Å². The van der Waals surface area contributed by atoms with Gasteiger partial charge in [0.15, 0.2) is 0 Å². The number of nitrogens with one attached hydrogen (secondary N) is 5. The Morgan fingerprint density at radius 2 is 1.49 bits per heavy atom. The van der Waals surface area contributed by atoms with Gasteiger partial charge in [-0.05, 0) is 54.3 Å². The highest BCUT2D eigenvalue weighted by Crippen LogP contribution is 2.20. The maximum absolute atomic E-state index is 13.7. The molecule has 41 heavy (non-hydrogen) atoms. The molecule has 4 amide bonds. The van der Waals surface area contributed by atoms with Crippen LogP contribution >= 0.6 is 0 Å². The van der Waals surface area contributed by atoms with Gasteiger partial charge in [-0.3, -0.25) is 19.2 Å². The third-order valence-corrected chi connectivity index (χ3v) is 7.26. The van der Waals surface area contributed by atoms with E-state index in [1.165, 1.54) is 0 Å². The molecule has 0 spiro atoms. The first-order chi connectivity index (χ1) is 19.7. The van der Waals surface area contributed by atoms with E-state index in [0.717, 1.165) is 16.8 Å². The Balaban J connectivity index is 1.70. The van der Waals surface area contributed by atoms with Crippen LogP contribution in [0.5, 0.6) is 0 Å². The summed E-state index contributed by atoms with van der Waals surface area (Å²) in [6.45, 7) is 5.66. The Kier molecular flexibility index (Phi) is 9.73. The number of anilines is 2. The maximum Gasteiger partial charge on any atom is 0.252 e. The van der Waals surface area contributed by atoms with Crippen molar-refractivity contribution < 1.29 is 19.2 Å². The molecule has 0 fully saturated rings. The van der Waals surface area contributed by atoms with Crippen LogP contribution < -0.4 is 26.6 Å². The van der Waals surface area contributed by atoms with Gasteiger partial charge in [-0.15, -0.1) is 0 Å². The molecule has 5 N–H and O–H groups in total. The van der Waals surface area contributed by atoms with Crippen molar-refractivity contribution >= 4 is 35.0 Å². The summed E-state index contributed by atoms with van der Waals surface area (Å²) in [4.78, 5) is 53.2. The minimum absolute atomic E-state index is 0.220. The largest absolute Gasteiger partial charge is 0.355 e. The van der Waals surface area contributed by atoms with E-state index < -0.39 is 35.8 Å². The molecule has 1 aliphatic heterocycles. The van der Waals surface area contributed by atoms with Crippen molar-refractivity contribution in [3.63, 3.8) is 0 Å². The highest BCUT2D eigenvalue weighted by molar-refractivity contribution is 5.99. The van der Waals surface area contributed by atoms with E-state index in [1.807, 2.05) is 74.5 Å². The van der Waals surface area contributed by atoms with Crippen molar-refractivity contribution in [1.29, 1.82) is 0 Å². The van der Waals surface area contributed by atoms with Crippen LogP contribution in [0.25, 0.3) is 0 Å². The third-order valence-electron chi connectivity index (χ3n) is 7.26. The molecule has 0 radical (unpaired) electrons. The zero-order valence-electron chi connectivity index (χ0n) is 23.6. The van der Waals surface area contributed by atoms with E-state index in [4.69, 9.17) is 0 Å². The molecular weight excluding hydrogens is 518 g/mol. The van der Waals surface area contributed by atoms with E-state index in [0.29, 0.717) is 17.7 Å². The molecule has 4 atom stereocenters. The SMILES string of the molecule is CC[C@H](C)[C@@H]1NC(=O)[C@H](Cc2ccccc2)NC(=O)c2cccc(c2)Nc2cccc(c2)CNC(=O)[C@H](C)NC1=O. The van der Waals surface area contributed by atoms with Crippen LogP contribution in [-0.4, -0.2) is 41.8 Å². The lowest BCUT2D eigenvalue weighted by Gasteiger charge is -2.27. The van der Waals surface area contributed by atoms with Crippen LogP contribution in [0.4, 0.5) is 11.4 Å². The summed E-state index contributed by atoms with van der Waals surface area (Å²) in [5.74, 6) is -1.92. The van der Waals surface area contributed by atoms with Gasteiger partial charge in [-0.2, -0.15) is 0 Å². The van der Waals surface area contributed by atoms with Crippen LogP contribution in [0.1, 0.15) is 48.7 Å². The molecule has 0 saturated carbocycles. The second kappa shape index (κ2) is 13.6. The van der Waals surface area contributed by atoms with Crippen LogP contribution in [0.3, 0.4) is 0 Å². The van der Waals surface area contributed by atoms with Crippen molar-refractivity contribution in [2.75, 3.05) is 5.32 Å². The number of hydrogen-bond donors (Lipinski definition) is 5. The summed E-state index contributed by atoms with van der Waals surface area (Å²) in [6.07, 6.45) is 0.849. The maximum atomic E-state index is 13.7. The fraction of sp³-hybridized carbons (Fsp3) is 0.312. The van der Waals surface area contributed by atoms with E-state index in [9.17, 15) is 19.2 Å². The number of hydrogen-bond acceptors (Lipinski definition) is 5. The quantitative estimate of drug-likeness (QED) is 0.337. The van der Waals surface area contributed by atoms with Crippen molar-refractivity contribution in [1.82, 2.24) is 21.3 Å². The van der Waals surface area contributed by atoms with Gasteiger partial charge in [-0.25, -0.2) is 0 Å². The summed E-state index contributed by atoms with van der Waals surface area (Å²) in [5.41, 5.74) is 3.58. The van der Waals surface area contributed by atoms with Crippen LogP contribution in [0, 0.1) is 5.92 Å². The normalized spacial score (nSPS) is 21.0. The second-order valence-corrected chi connectivity index (χ2v) is 10.4. The van der Waals surface area contributed by atoms with Gasteiger partial charge in [0.05, 0.1) is 0 Å². The molecule has 9 nitrogen and oxygen atoms in total. The first-order valence-electron chi connectivity index (χ1n) is 13.9. The van der Waals surface area contributed by atoms with Crippen LogP contribution in [0.15, 0.2) is 78.9 Å². The number of benzene rings is 3. The molecule has 0 unspecified atom stereocenters. The van der Waals surface area contributed by atoms with Gasteiger partial charge in [-0.1, -0.05) is 68.8 Å². The Hall–Kier alpha value is -4.66. The van der Waals surface area contributed by atoms with Crippen molar-refractivity contribution in [3.8, 4) is 0 Å². The zero-order chi connectivity index (χ0) is 29.4. The van der Waals surface area contributed by atoms with Gasteiger partial charge in [0.1, 0.15) is 18.1 Å². The average molecular weight is 556 g/mol. The molecule has 0 aromatic heterocycles. The first-order valence-corrected chi connectivity index (χ1v) is 13.9. The summed E-state index contributed by atoms with van der Waals surface area (Å²) in [7, 11) is 0. The lowest BCUT2D eigenvalue weighted by atomic mass is 9.96. The monoisotopic (exact) mass is 555 g/mol. The van der Waals surface area contributed by atoms with Crippen molar-refractivity contribution in [3.05, 3.63) is 95.6 Å². The Morgan fingerprint density at radius 3 is 2.22 bits per heavy atom. The molecule has 1 aliphatic rings. The summed E-state index contributed by atoms with van der Waals surface area (Å²) in [6, 6.07) is 21.3. The zero-order valence-corrected chi connectivity index (χ0v) is 23.6. The highest BCUT2D eigenvalue weighted by atomic mass is 16.2. The highest BCUT2D eigenvalue weighted by Gasteiger charge is 2.31. The average Bonchev–Trinajstić information content (AvgIpc) is 2.98. The molecular formula is C32H37N5O4. The molecule has 3 aromatic rings. The fourth-order valence-electron chi connectivity index (χ4n) is 4.63. The second-order valence-electron chi connectivity index (χ2n) is 10.4. The molecule has 1 heterocycles. The number of rotatable bonds is 4. The fourth-order valence-corrected chi connectivity index (χ4v) is 4.63. The molecule has 4 rings (SSSR count). The van der Waals surface area contributed by atoms with E-state index in [1.54, 1.807) is 25.1 Å². The predicted octanol–water partition coefficient (Wildman–Crippen LogP) is 3.44. The Morgan fingerprint density at radius 1 is 0.780 bits per heavy atom. The minimum Gasteiger partial charge on any atom is -0.355 e. The third kappa shape index (κ3) is 7.94. The van der Waals surface area contributed by atoms with Crippen LogP contribution in [-0.2, 0) is 27.3 Å². The Bertz CT molecular complexity index is 1390. The van der Waals surface area contributed by atoms with Crippen molar-refractivity contribution in [2.24, 2.45) is 5.92 Å². The number of carbonyl (C=O) groups is 4. The van der Waals surface area contributed by atoms with Crippen molar-refractivity contribution in [2.45, 2.75) is 58.3 Å². The standard InChI is InChI=1S/C32H37N5O4/c1-4-20(2)28-32(41)34-21(3)29(38)33-19-23-12-8-14-25(16-23)35-26-15-9-13-24(18-26)30(39)36-27(31(40)37-28)17-22-10-6-5-7-11-22/h5-16,18,20-21,27-28,35H,4,17,19H2,1-3H3,(H,33,38)(H,34,41)(H,36,39)(H,37,40)/t20-,21-,27-,28-/m0/s1. The van der Waals surface area contributed by atoms with Gasteiger partial charge >= 0.3 is 0 Å². The van der Waals surface area contributed by atoms with E-state index >= 15 is 0 Å². The Labute approximate surface area is 240 Å². The van der Waals surface area contributed by atoms with Crippen LogP contribution in [0.2, 0.25) is 0 Å². The van der Waals surface area contributed by atoms with E-state index in [2.05, 4.69) is 26.6 Å². The lowest BCUT2D eigenvalue weighted by molar-refractivity contribution is -0.133. The lowest BCUT2D eigenvalue weighted by Crippen LogP contribution is -2.58. The molecule has 0 aliphatic carbocycles. The molecule has 214 valence electrons.